The Morgan fingerprint density at radius 1 is 1.32 bits per heavy atom. The number of aryl methyl sites for hydroxylation is 2. The van der Waals surface area contributed by atoms with Gasteiger partial charge in [0.1, 0.15) is 5.75 Å². The van der Waals surface area contributed by atoms with Gasteiger partial charge >= 0.3 is 0 Å². The Morgan fingerprint density at radius 2 is 2.07 bits per heavy atom. The maximum absolute atomic E-state index is 12.4. The summed E-state index contributed by atoms with van der Waals surface area (Å²) in [5.74, 6) is 1.78. The number of rotatable bonds is 8. The lowest BCUT2D eigenvalue weighted by atomic mass is 10.2. The van der Waals surface area contributed by atoms with E-state index in [1.54, 1.807) is 11.9 Å². The second kappa shape index (κ2) is 9.05. The zero-order valence-electron chi connectivity index (χ0n) is 16.2. The highest BCUT2D eigenvalue weighted by molar-refractivity contribution is 9.10. The lowest BCUT2D eigenvalue weighted by Gasteiger charge is -2.17. The first-order chi connectivity index (χ1) is 13.5. The third-order valence-corrected chi connectivity index (χ3v) is 4.78. The highest BCUT2D eigenvalue weighted by Crippen LogP contribution is 2.20. The molecule has 0 aliphatic rings. The van der Waals surface area contributed by atoms with Crippen molar-refractivity contribution in [2.45, 2.75) is 26.3 Å². The molecule has 3 rings (SSSR count). The monoisotopic (exact) mass is 446 g/mol. The largest absolute Gasteiger partial charge is 0.494 e. The first-order valence-corrected chi connectivity index (χ1v) is 9.86. The van der Waals surface area contributed by atoms with Gasteiger partial charge in [-0.2, -0.15) is 4.98 Å². The van der Waals surface area contributed by atoms with Crippen LogP contribution in [0.25, 0.3) is 11.4 Å². The molecule has 0 radical (unpaired) electrons. The fourth-order valence-corrected chi connectivity index (χ4v) is 3.37. The van der Waals surface area contributed by atoms with E-state index in [9.17, 15) is 4.79 Å². The van der Waals surface area contributed by atoms with Crippen molar-refractivity contribution in [1.29, 1.82) is 0 Å². The summed E-state index contributed by atoms with van der Waals surface area (Å²) < 4.78 is 13.7. The van der Waals surface area contributed by atoms with Gasteiger partial charge in [-0.1, -0.05) is 5.16 Å². The van der Waals surface area contributed by atoms with Crippen molar-refractivity contribution in [1.82, 2.24) is 19.6 Å². The SMILES string of the molecule is CCOc1ccc(-c2noc(CCC(=O)N(C)Cc3cc(Br)cn3C)n2)cc1. The van der Waals surface area contributed by atoms with Crippen LogP contribution in [0.5, 0.6) is 5.75 Å². The Morgan fingerprint density at radius 3 is 2.71 bits per heavy atom. The van der Waals surface area contributed by atoms with E-state index in [0.29, 0.717) is 37.7 Å². The van der Waals surface area contributed by atoms with Crippen molar-refractivity contribution in [3.8, 4) is 17.1 Å². The van der Waals surface area contributed by atoms with Gasteiger partial charge in [-0.05, 0) is 53.2 Å². The van der Waals surface area contributed by atoms with Crippen LogP contribution in [0.2, 0.25) is 0 Å². The number of benzene rings is 1. The first kappa shape index (κ1) is 20.1. The van der Waals surface area contributed by atoms with Crippen molar-refractivity contribution in [3.63, 3.8) is 0 Å². The number of ether oxygens (including phenoxy) is 1. The Hall–Kier alpha value is -2.61. The van der Waals surface area contributed by atoms with Gasteiger partial charge in [0.2, 0.25) is 17.6 Å². The molecule has 0 bridgehead atoms. The quantitative estimate of drug-likeness (QED) is 0.525. The zero-order chi connectivity index (χ0) is 20.1. The Bertz CT molecular complexity index is 933. The number of hydrogen-bond donors (Lipinski definition) is 0. The number of hydrogen-bond acceptors (Lipinski definition) is 5. The summed E-state index contributed by atoms with van der Waals surface area (Å²) in [6, 6.07) is 9.52. The van der Waals surface area contributed by atoms with Gasteiger partial charge in [-0.25, -0.2) is 0 Å². The van der Waals surface area contributed by atoms with Crippen molar-refractivity contribution in [3.05, 3.63) is 52.6 Å². The molecule has 7 nitrogen and oxygen atoms in total. The number of carbonyl (C=O) groups excluding carboxylic acids is 1. The summed E-state index contributed by atoms with van der Waals surface area (Å²) in [7, 11) is 3.75. The molecule has 28 heavy (non-hydrogen) atoms. The lowest BCUT2D eigenvalue weighted by molar-refractivity contribution is -0.130. The zero-order valence-corrected chi connectivity index (χ0v) is 17.8. The normalized spacial score (nSPS) is 10.9. The fraction of sp³-hybridized carbons (Fsp3) is 0.350. The van der Waals surface area contributed by atoms with Crippen molar-refractivity contribution in [2.24, 2.45) is 7.05 Å². The number of amides is 1. The van der Waals surface area contributed by atoms with E-state index in [4.69, 9.17) is 9.26 Å². The van der Waals surface area contributed by atoms with Gasteiger partial charge in [0.15, 0.2) is 0 Å². The Balaban J connectivity index is 1.54. The van der Waals surface area contributed by atoms with E-state index in [0.717, 1.165) is 21.5 Å². The second-order valence-corrected chi connectivity index (χ2v) is 7.40. The highest BCUT2D eigenvalue weighted by Gasteiger charge is 2.15. The lowest BCUT2D eigenvalue weighted by Crippen LogP contribution is -2.27. The van der Waals surface area contributed by atoms with Crippen LogP contribution in [0.1, 0.15) is 24.9 Å². The van der Waals surface area contributed by atoms with E-state index in [2.05, 4.69) is 26.1 Å². The number of halogens is 1. The predicted octanol–water partition coefficient (Wildman–Crippen LogP) is 3.83. The second-order valence-electron chi connectivity index (χ2n) is 6.48. The fourth-order valence-electron chi connectivity index (χ4n) is 2.80. The summed E-state index contributed by atoms with van der Waals surface area (Å²) in [5, 5.41) is 4.01. The molecule has 1 aromatic carbocycles. The summed E-state index contributed by atoms with van der Waals surface area (Å²) in [6.45, 7) is 3.11. The molecular formula is C20H23BrN4O3. The molecule has 8 heteroatoms. The minimum Gasteiger partial charge on any atom is -0.494 e. The van der Waals surface area contributed by atoms with Crippen LogP contribution in [0, 0.1) is 0 Å². The van der Waals surface area contributed by atoms with E-state index >= 15 is 0 Å². The predicted molar refractivity (Wildman–Crippen MR) is 109 cm³/mol. The molecule has 0 saturated carbocycles. The smallest absolute Gasteiger partial charge is 0.227 e. The molecule has 0 spiro atoms. The van der Waals surface area contributed by atoms with Gasteiger partial charge in [0, 0.05) is 48.9 Å². The van der Waals surface area contributed by atoms with E-state index in [1.165, 1.54) is 0 Å². The third-order valence-electron chi connectivity index (χ3n) is 4.34. The molecule has 0 fully saturated rings. The molecule has 0 aliphatic carbocycles. The first-order valence-electron chi connectivity index (χ1n) is 9.06. The summed E-state index contributed by atoms with van der Waals surface area (Å²) >= 11 is 3.45. The van der Waals surface area contributed by atoms with Gasteiger partial charge in [-0.3, -0.25) is 4.79 Å². The van der Waals surface area contributed by atoms with Crippen LogP contribution >= 0.6 is 15.9 Å². The van der Waals surface area contributed by atoms with Crippen LogP contribution in [0.3, 0.4) is 0 Å². The molecule has 1 amide bonds. The molecule has 0 aliphatic heterocycles. The maximum Gasteiger partial charge on any atom is 0.227 e. The molecule has 2 aromatic heterocycles. The Labute approximate surface area is 172 Å². The van der Waals surface area contributed by atoms with Crippen LogP contribution in [0.4, 0.5) is 0 Å². The van der Waals surface area contributed by atoms with Crippen molar-refractivity contribution < 1.29 is 14.1 Å². The van der Waals surface area contributed by atoms with Gasteiger partial charge in [-0.15, -0.1) is 0 Å². The average molecular weight is 447 g/mol. The van der Waals surface area contributed by atoms with E-state index < -0.39 is 0 Å². The van der Waals surface area contributed by atoms with Gasteiger partial charge < -0.3 is 18.7 Å². The Kier molecular flexibility index (Phi) is 6.51. The molecule has 0 saturated heterocycles. The minimum atomic E-state index is 0.0261. The van der Waals surface area contributed by atoms with Crippen LogP contribution < -0.4 is 4.74 Å². The van der Waals surface area contributed by atoms with Gasteiger partial charge in [0.25, 0.3) is 0 Å². The van der Waals surface area contributed by atoms with Gasteiger partial charge in [0.05, 0.1) is 13.2 Å². The van der Waals surface area contributed by atoms with Crippen molar-refractivity contribution >= 4 is 21.8 Å². The van der Waals surface area contributed by atoms with Crippen molar-refractivity contribution in [2.75, 3.05) is 13.7 Å². The summed E-state index contributed by atoms with van der Waals surface area (Å²) in [4.78, 5) is 18.5. The molecule has 2 heterocycles. The molecule has 0 unspecified atom stereocenters. The van der Waals surface area contributed by atoms with E-state index in [1.807, 2.05) is 55.1 Å². The maximum atomic E-state index is 12.4. The average Bonchev–Trinajstić information content (AvgIpc) is 3.27. The topological polar surface area (TPSA) is 73.4 Å². The van der Waals surface area contributed by atoms with Crippen LogP contribution in [-0.2, 0) is 24.8 Å². The molecule has 148 valence electrons. The number of nitrogens with zero attached hydrogens (tertiary/aromatic N) is 4. The summed E-state index contributed by atoms with van der Waals surface area (Å²) in [5.41, 5.74) is 1.90. The third kappa shape index (κ3) is 5.01. The molecule has 0 N–H and O–H groups in total. The standard InChI is InChI=1S/C20H23BrN4O3/c1-4-27-17-7-5-14(6-8-17)20-22-18(28-23-20)9-10-19(26)25(3)13-16-11-15(21)12-24(16)2/h5-8,11-12H,4,9-10,13H2,1-3H3. The molecule has 3 aromatic rings. The highest BCUT2D eigenvalue weighted by atomic mass is 79.9. The van der Waals surface area contributed by atoms with Crippen LogP contribution in [-0.4, -0.2) is 39.2 Å². The summed E-state index contributed by atoms with van der Waals surface area (Å²) in [6.07, 6.45) is 2.69. The molecule has 0 atom stereocenters. The van der Waals surface area contributed by atoms with E-state index in [-0.39, 0.29) is 5.91 Å². The van der Waals surface area contributed by atoms with Crippen LogP contribution in [0.15, 0.2) is 45.5 Å². The number of carbonyl (C=O) groups is 1. The minimum absolute atomic E-state index is 0.0261. The number of aromatic nitrogens is 3. The molecular weight excluding hydrogens is 424 g/mol.